The molecule has 0 fully saturated rings. The lowest BCUT2D eigenvalue weighted by molar-refractivity contribution is 1.46. The zero-order valence-corrected chi connectivity index (χ0v) is 9.56. The summed E-state index contributed by atoms with van der Waals surface area (Å²) in [6, 6.07) is 3.42. The van der Waals surface area contributed by atoms with Gasteiger partial charge in [0.2, 0.25) is 0 Å². The fourth-order valence-electron chi connectivity index (χ4n) is 0.934. The van der Waals surface area contributed by atoms with Crippen LogP contribution in [0.5, 0.6) is 0 Å². The molecule has 0 saturated heterocycles. The molecule has 6 heteroatoms. The Morgan fingerprint density at radius 1 is 1.00 bits per heavy atom. The number of hydrogen-bond acceptors (Lipinski definition) is 4. The average Bonchev–Trinajstić information content (AvgIpc) is 1.85. The Morgan fingerprint density at radius 2 is 1.38 bits per heavy atom. The predicted molar refractivity (Wildman–Crippen MR) is 66.0 cm³/mol. The van der Waals surface area contributed by atoms with Crippen molar-refractivity contribution in [3.8, 4) is 0 Å². The summed E-state index contributed by atoms with van der Waals surface area (Å²) in [4.78, 5) is 0.902. The van der Waals surface area contributed by atoms with Crippen LogP contribution in [0.25, 0.3) is 0 Å². The third kappa shape index (κ3) is 3.42. The van der Waals surface area contributed by atoms with E-state index in [1.54, 1.807) is 12.1 Å². The topological polar surface area (TPSA) is 78.1 Å². The summed E-state index contributed by atoms with van der Waals surface area (Å²) in [5.41, 5.74) is 18.7. The summed E-state index contributed by atoms with van der Waals surface area (Å²) >= 11 is 1.53. The molecule has 0 aliphatic carbocycles. The van der Waals surface area contributed by atoms with Crippen LogP contribution in [0.4, 0.5) is 17.1 Å². The van der Waals surface area contributed by atoms with Crippen molar-refractivity contribution in [2.45, 2.75) is 4.90 Å². The van der Waals surface area contributed by atoms with Gasteiger partial charge in [0.05, 0.1) is 4.90 Å². The van der Waals surface area contributed by atoms with E-state index in [-0.39, 0.29) is 24.8 Å². The summed E-state index contributed by atoms with van der Waals surface area (Å²) < 4.78 is 0. The van der Waals surface area contributed by atoms with Crippen molar-refractivity contribution in [1.29, 1.82) is 0 Å². The van der Waals surface area contributed by atoms with Crippen LogP contribution in [0.3, 0.4) is 0 Å². The smallest absolute Gasteiger partial charge is 0.0531 e. The van der Waals surface area contributed by atoms with E-state index in [0.717, 1.165) is 4.90 Å². The second kappa shape index (κ2) is 6.07. The highest BCUT2D eigenvalue weighted by atomic mass is 35.5. The first-order valence-electron chi connectivity index (χ1n) is 3.13. The first-order chi connectivity index (χ1) is 5.15. The third-order valence-corrected chi connectivity index (χ3v) is 2.25. The van der Waals surface area contributed by atoms with Crippen LogP contribution < -0.4 is 17.2 Å². The molecule has 0 aliphatic rings. The van der Waals surface area contributed by atoms with Gasteiger partial charge in [-0.1, -0.05) is 0 Å². The number of halogens is 2. The van der Waals surface area contributed by atoms with Gasteiger partial charge in [0, 0.05) is 17.1 Å². The van der Waals surface area contributed by atoms with Crippen molar-refractivity contribution >= 4 is 53.6 Å². The van der Waals surface area contributed by atoms with E-state index in [1.165, 1.54) is 11.8 Å². The third-order valence-electron chi connectivity index (χ3n) is 1.37. The van der Waals surface area contributed by atoms with Gasteiger partial charge in [0.1, 0.15) is 0 Å². The van der Waals surface area contributed by atoms with Crippen LogP contribution in [0, 0.1) is 0 Å². The molecule has 3 nitrogen and oxygen atoms in total. The number of rotatable bonds is 1. The fraction of sp³-hybridized carbons (Fsp3) is 0.143. The van der Waals surface area contributed by atoms with Gasteiger partial charge in [-0.25, -0.2) is 0 Å². The Hall–Kier alpha value is -0.450. The highest BCUT2D eigenvalue weighted by molar-refractivity contribution is 7.99. The lowest BCUT2D eigenvalue weighted by Gasteiger charge is -2.06. The first-order valence-corrected chi connectivity index (χ1v) is 4.36. The number of hydrogen-bond donors (Lipinski definition) is 3. The SMILES string of the molecule is CSc1c(N)cc(N)cc1N.Cl.Cl. The molecule has 0 amide bonds. The molecule has 0 saturated carbocycles. The van der Waals surface area contributed by atoms with Gasteiger partial charge in [-0.2, -0.15) is 0 Å². The van der Waals surface area contributed by atoms with E-state index in [4.69, 9.17) is 17.2 Å². The summed E-state index contributed by atoms with van der Waals surface area (Å²) in [5, 5.41) is 0. The monoisotopic (exact) mass is 241 g/mol. The predicted octanol–water partition coefficient (Wildman–Crippen LogP) is 2.00. The van der Waals surface area contributed by atoms with Gasteiger partial charge >= 0.3 is 0 Å². The summed E-state index contributed by atoms with van der Waals surface area (Å²) in [7, 11) is 0. The van der Waals surface area contributed by atoms with E-state index < -0.39 is 0 Å². The molecule has 0 atom stereocenters. The molecule has 1 aromatic rings. The van der Waals surface area contributed by atoms with E-state index in [9.17, 15) is 0 Å². The molecule has 0 spiro atoms. The quantitative estimate of drug-likeness (QED) is 0.520. The molecule has 1 aromatic carbocycles. The van der Waals surface area contributed by atoms with Crippen LogP contribution in [0.2, 0.25) is 0 Å². The zero-order valence-electron chi connectivity index (χ0n) is 7.11. The van der Waals surface area contributed by atoms with Crippen molar-refractivity contribution in [1.82, 2.24) is 0 Å². The molecule has 13 heavy (non-hydrogen) atoms. The Morgan fingerprint density at radius 3 is 1.69 bits per heavy atom. The first kappa shape index (κ1) is 15.0. The van der Waals surface area contributed by atoms with Crippen molar-refractivity contribution < 1.29 is 0 Å². The molecule has 1 rings (SSSR count). The van der Waals surface area contributed by atoms with Crippen molar-refractivity contribution in [3.63, 3.8) is 0 Å². The Kier molecular flexibility index (Phi) is 7.03. The minimum Gasteiger partial charge on any atom is -0.399 e. The number of thioether (sulfide) groups is 1. The van der Waals surface area contributed by atoms with E-state index in [1.807, 2.05) is 6.26 Å². The van der Waals surface area contributed by atoms with Crippen LogP contribution >= 0.6 is 36.6 Å². The molecule has 6 N–H and O–H groups in total. The number of anilines is 3. The number of benzene rings is 1. The standard InChI is InChI=1S/C7H11N3S.2ClH/c1-11-7-5(9)2-4(8)3-6(7)10;;/h2-3H,8-10H2,1H3;2*1H. The molecule has 0 unspecified atom stereocenters. The zero-order chi connectivity index (χ0) is 8.43. The Balaban J connectivity index is 0. The van der Waals surface area contributed by atoms with Crippen molar-refractivity contribution in [3.05, 3.63) is 12.1 Å². The average molecular weight is 242 g/mol. The maximum Gasteiger partial charge on any atom is 0.0531 e. The van der Waals surface area contributed by atoms with E-state index in [2.05, 4.69) is 0 Å². The van der Waals surface area contributed by atoms with E-state index >= 15 is 0 Å². The molecule has 76 valence electrons. The van der Waals surface area contributed by atoms with Gasteiger partial charge in [-0.05, 0) is 18.4 Å². The maximum atomic E-state index is 5.65. The van der Waals surface area contributed by atoms with Crippen molar-refractivity contribution in [2.24, 2.45) is 0 Å². The van der Waals surface area contributed by atoms with E-state index in [0.29, 0.717) is 17.1 Å². The second-order valence-corrected chi connectivity index (χ2v) is 3.05. The largest absolute Gasteiger partial charge is 0.399 e. The summed E-state index contributed by atoms with van der Waals surface area (Å²) in [6.45, 7) is 0. The van der Waals surface area contributed by atoms with Gasteiger partial charge < -0.3 is 17.2 Å². The van der Waals surface area contributed by atoms with Gasteiger partial charge in [0.25, 0.3) is 0 Å². The van der Waals surface area contributed by atoms with Gasteiger partial charge in [-0.3, -0.25) is 0 Å². The van der Waals surface area contributed by atoms with Gasteiger partial charge in [0.15, 0.2) is 0 Å². The molecule has 0 heterocycles. The van der Waals surface area contributed by atoms with Crippen LogP contribution in [-0.4, -0.2) is 6.26 Å². The number of nitrogen functional groups attached to an aromatic ring is 3. The molecule has 0 aliphatic heterocycles. The fourth-order valence-corrected chi connectivity index (χ4v) is 1.52. The summed E-state index contributed by atoms with van der Waals surface area (Å²) in [5.74, 6) is 0. The minimum atomic E-state index is 0. The van der Waals surface area contributed by atoms with Crippen LogP contribution in [-0.2, 0) is 0 Å². The molecule has 0 radical (unpaired) electrons. The normalized spacial score (nSPS) is 8.38. The van der Waals surface area contributed by atoms with Gasteiger partial charge in [-0.15, -0.1) is 36.6 Å². The second-order valence-electron chi connectivity index (χ2n) is 2.23. The molecule has 0 aromatic heterocycles. The minimum absolute atomic E-state index is 0. The Bertz CT molecular complexity index is 257. The number of nitrogens with two attached hydrogens (primary N) is 3. The maximum absolute atomic E-state index is 5.65. The van der Waals surface area contributed by atoms with Crippen molar-refractivity contribution in [2.75, 3.05) is 23.5 Å². The Labute approximate surface area is 94.2 Å². The lowest BCUT2D eigenvalue weighted by atomic mass is 10.2. The van der Waals surface area contributed by atoms with Crippen LogP contribution in [0.1, 0.15) is 0 Å². The summed E-state index contributed by atoms with van der Waals surface area (Å²) in [6.07, 6.45) is 1.93. The molecular weight excluding hydrogens is 229 g/mol. The lowest BCUT2D eigenvalue weighted by Crippen LogP contribution is -1.97. The highest BCUT2D eigenvalue weighted by Crippen LogP contribution is 2.31. The van der Waals surface area contributed by atoms with Crippen LogP contribution in [0.15, 0.2) is 17.0 Å². The molecule has 0 bridgehead atoms. The highest BCUT2D eigenvalue weighted by Gasteiger charge is 2.02. The molecular formula is C7H13Cl2N3S.